The van der Waals surface area contributed by atoms with Gasteiger partial charge < -0.3 is 14.4 Å². The molecule has 1 aromatic carbocycles. The Bertz CT molecular complexity index is 978. The van der Waals surface area contributed by atoms with Crippen molar-refractivity contribution in [1.82, 2.24) is 14.7 Å². The Kier molecular flexibility index (Phi) is 8.60. The molecular weight excluding hydrogens is 503 g/mol. The molecule has 11 heteroatoms. The smallest absolute Gasteiger partial charge is 0.412 e. The number of carbonyl (C=O) groups excluding carboxylic acids is 2. The van der Waals surface area contributed by atoms with Gasteiger partial charge in [-0.2, -0.15) is 5.10 Å². The lowest BCUT2D eigenvalue weighted by Crippen LogP contribution is -2.39. The third-order valence-electron chi connectivity index (χ3n) is 5.37. The van der Waals surface area contributed by atoms with Gasteiger partial charge in [-0.1, -0.05) is 85.9 Å². The largest absolute Gasteiger partial charge is 0.445 e. The van der Waals surface area contributed by atoms with E-state index in [0.717, 1.165) is 11.3 Å². The van der Waals surface area contributed by atoms with E-state index >= 15 is 0 Å². The molecule has 1 aliphatic heterocycles. The van der Waals surface area contributed by atoms with Crippen LogP contribution in [0.25, 0.3) is 0 Å². The van der Waals surface area contributed by atoms with Gasteiger partial charge in [0.15, 0.2) is 0 Å². The summed E-state index contributed by atoms with van der Waals surface area (Å²) >= 11 is 17.0. The summed E-state index contributed by atoms with van der Waals surface area (Å²) < 4.78 is 10.5. The highest BCUT2D eigenvalue weighted by molar-refractivity contribution is 6.67. The monoisotopic (exact) mass is 530 g/mol. The second-order valence-corrected chi connectivity index (χ2v) is 11.7. The molecule has 0 atom stereocenters. The maximum absolute atomic E-state index is 12.5. The van der Waals surface area contributed by atoms with Gasteiger partial charge in [-0.3, -0.25) is 5.32 Å². The van der Waals surface area contributed by atoms with Crippen LogP contribution in [0.4, 0.5) is 15.4 Å². The number of ether oxygens (including phenoxy) is 2. The van der Waals surface area contributed by atoms with E-state index in [1.54, 1.807) is 9.58 Å². The van der Waals surface area contributed by atoms with Crippen molar-refractivity contribution >= 4 is 52.8 Å². The van der Waals surface area contributed by atoms with Crippen LogP contribution in [0.3, 0.4) is 0 Å². The van der Waals surface area contributed by atoms with Crippen molar-refractivity contribution in [2.24, 2.45) is 0 Å². The Morgan fingerprint density at radius 3 is 2.32 bits per heavy atom. The van der Waals surface area contributed by atoms with E-state index in [9.17, 15) is 9.59 Å². The highest BCUT2D eigenvalue weighted by atomic mass is 35.6. The molecule has 0 aliphatic carbocycles. The minimum Gasteiger partial charge on any atom is -0.445 e. The number of alkyl halides is 3. The van der Waals surface area contributed by atoms with Crippen LogP contribution in [-0.2, 0) is 21.5 Å². The number of likely N-dealkylation sites (tertiary alicyclic amines) is 1. The van der Waals surface area contributed by atoms with Gasteiger partial charge >= 0.3 is 12.2 Å². The average Bonchev–Trinajstić information content (AvgIpc) is 3.21. The summed E-state index contributed by atoms with van der Waals surface area (Å²) in [5.41, 5.74) is 1.52. The molecule has 1 N–H and O–H groups in total. The number of hydrogen-bond donors (Lipinski definition) is 1. The standard InChI is InChI=1S/C23H29Cl3N4O4/c1-22(2,3)18-13-19(27-20(31)34-15-23(24,25)26)30(28-18)17-9-11-29(12-10-17)21(32)33-14-16-7-5-4-6-8-16/h4-8,13,17H,9-12,14-15H2,1-3H3,(H,27,31). The summed E-state index contributed by atoms with van der Waals surface area (Å²) in [7, 11) is 0. The third kappa shape index (κ3) is 7.68. The predicted octanol–water partition coefficient (Wildman–Crippen LogP) is 6.07. The zero-order chi connectivity index (χ0) is 24.9. The van der Waals surface area contributed by atoms with Crippen LogP contribution in [0.5, 0.6) is 0 Å². The number of piperidine rings is 1. The van der Waals surface area contributed by atoms with Crippen LogP contribution < -0.4 is 5.32 Å². The van der Waals surface area contributed by atoms with Gasteiger partial charge in [0.1, 0.15) is 19.0 Å². The van der Waals surface area contributed by atoms with E-state index in [4.69, 9.17) is 49.4 Å². The summed E-state index contributed by atoms with van der Waals surface area (Å²) in [5, 5.41) is 7.45. The molecule has 186 valence electrons. The van der Waals surface area contributed by atoms with Crippen molar-refractivity contribution in [3.63, 3.8) is 0 Å². The van der Waals surface area contributed by atoms with Crippen molar-refractivity contribution in [3.05, 3.63) is 47.7 Å². The third-order valence-corrected chi connectivity index (χ3v) is 5.70. The van der Waals surface area contributed by atoms with Gasteiger partial charge in [0.2, 0.25) is 3.79 Å². The normalized spacial score (nSPS) is 15.2. The maximum Gasteiger partial charge on any atom is 0.412 e. The fourth-order valence-electron chi connectivity index (χ4n) is 3.52. The molecule has 1 aromatic heterocycles. The number of nitrogens with zero attached hydrogens (tertiary/aromatic N) is 3. The number of anilines is 1. The molecular formula is C23H29Cl3N4O4. The minimum atomic E-state index is -1.70. The first-order chi connectivity index (χ1) is 15.9. The summed E-state index contributed by atoms with van der Waals surface area (Å²) in [5.74, 6) is 0.490. The molecule has 34 heavy (non-hydrogen) atoms. The molecule has 0 radical (unpaired) electrons. The number of halogens is 3. The molecule has 0 unspecified atom stereocenters. The van der Waals surface area contributed by atoms with Gasteiger partial charge in [0.25, 0.3) is 0 Å². The molecule has 2 aromatic rings. The molecule has 2 heterocycles. The fraction of sp³-hybridized carbons (Fsp3) is 0.522. The average molecular weight is 532 g/mol. The number of amides is 2. The SMILES string of the molecule is CC(C)(C)c1cc(NC(=O)OCC(Cl)(Cl)Cl)n(C2CCN(C(=O)OCc3ccccc3)CC2)n1. The van der Waals surface area contributed by atoms with Crippen molar-refractivity contribution in [2.75, 3.05) is 25.0 Å². The number of carbonyl (C=O) groups is 2. The van der Waals surface area contributed by atoms with Gasteiger partial charge in [-0.15, -0.1) is 0 Å². The predicted molar refractivity (Wildman–Crippen MR) is 133 cm³/mol. The second-order valence-electron chi connectivity index (χ2n) is 9.18. The Hall–Kier alpha value is -2.16. The molecule has 8 nitrogen and oxygen atoms in total. The molecule has 1 fully saturated rings. The molecule has 0 saturated carbocycles. The van der Waals surface area contributed by atoms with E-state index in [2.05, 4.69) is 5.32 Å². The summed E-state index contributed by atoms with van der Waals surface area (Å²) in [6.07, 6.45) is 0.231. The van der Waals surface area contributed by atoms with Gasteiger partial charge in [-0.05, 0) is 18.4 Å². The molecule has 2 amide bonds. The van der Waals surface area contributed by atoms with E-state index in [1.165, 1.54) is 0 Å². The first-order valence-electron chi connectivity index (χ1n) is 11.0. The van der Waals surface area contributed by atoms with Crippen molar-refractivity contribution in [1.29, 1.82) is 0 Å². The number of benzene rings is 1. The zero-order valence-corrected chi connectivity index (χ0v) is 21.7. The number of nitrogens with one attached hydrogen (secondary N) is 1. The lowest BCUT2D eigenvalue weighted by Gasteiger charge is -2.32. The maximum atomic E-state index is 12.5. The second kappa shape index (κ2) is 11.1. The Morgan fingerprint density at radius 2 is 1.74 bits per heavy atom. The quantitative estimate of drug-likeness (QED) is 0.473. The molecule has 0 spiro atoms. The van der Waals surface area contributed by atoms with Gasteiger partial charge in [0, 0.05) is 24.6 Å². The first-order valence-corrected chi connectivity index (χ1v) is 12.1. The zero-order valence-electron chi connectivity index (χ0n) is 19.4. The molecule has 1 saturated heterocycles. The number of aromatic nitrogens is 2. The van der Waals surface area contributed by atoms with Crippen LogP contribution in [0.15, 0.2) is 36.4 Å². The Labute approximate surface area is 214 Å². The van der Waals surface area contributed by atoms with Crippen LogP contribution >= 0.6 is 34.8 Å². The highest BCUT2D eigenvalue weighted by Gasteiger charge is 2.30. The van der Waals surface area contributed by atoms with E-state index in [0.29, 0.717) is 31.7 Å². The van der Waals surface area contributed by atoms with Crippen LogP contribution in [0.2, 0.25) is 0 Å². The summed E-state index contributed by atoms with van der Waals surface area (Å²) in [4.78, 5) is 26.4. The van der Waals surface area contributed by atoms with Crippen molar-refractivity contribution in [3.8, 4) is 0 Å². The van der Waals surface area contributed by atoms with Crippen LogP contribution in [-0.4, -0.2) is 50.4 Å². The van der Waals surface area contributed by atoms with Crippen molar-refractivity contribution < 1.29 is 19.1 Å². The number of rotatable bonds is 5. The van der Waals surface area contributed by atoms with Crippen LogP contribution in [0, 0.1) is 0 Å². The van der Waals surface area contributed by atoms with Crippen molar-refractivity contribution in [2.45, 2.75) is 55.5 Å². The van der Waals surface area contributed by atoms with Gasteiger partial charge in [-0.25, -0.2) is 14.3 Å². The first kappa shape index (κ1) is 26.4. The van der Waals surface area contributed by atoms with E-state index in [1.807, 2.05) is 57.2 Å². The summed E-state index contributed by atoms with van der Waals surface area (Å²) in [6, 6.07) is 11.4. The molecule has 1 aliphatic rings. The van der Waals surface area contributed by atoms with E-state index in [-0.39, 0.29) is 30.8 Å². The Morgan fingerprint density at radius 1 is 1.09 bits per heavy atom. The summed E-state index contributed by atoms with van der Waals surface area (Å²) in [6.45, 7) is 6.99. The fourth-order valence-corrected chi connectivity index (χ4v) is 3.69. The highest BCUT2D eigenvalue weighted by Crippen LogP contribution is 2.31. The van der Waals surface area contributed by atoms with E-state index < -0.39 is 9.89 Å². The Balaban J connectivity index is 1.63. The molecule has 3 rings (SSSR count). The lowest BCUT2D eigenvalue weighted by molar-refractivity contribution is 0.0822. The van der Waals surface area contributed by atoms with Gasteiger partial charge in [0.05, 0.1) is 11.7 Å². The molecule has 0 bridgehead atoms. The minimum absolute atomic E-state index is 0.0160. The lowest BCUT2D eigenvalue weighted by atomic mass is 9.92. The topological polar surface area (TPSA) is 85.7 Å². The van der Waals surface area contributed by atoms with Crippen LogP contribution in [0.1, 0.15) is 50.9 Å². The number of hydrogen-bond acceptors (Lipinski definition) is 5.